The van der Waals surface area contributed by atoms with E-state index in [0.717, 1.165) is 22.6 Å². The van der Waals surface area contributed by atoms with Gasteiger partial charge in [-0.2, -0.15) is 0 Å². The van der Waals surface area contributed by atoms with Crippen molar-refractivity contribution in [1.82, 2.24) is 9.88 Å². The zero-order valence-electron chi connectivity index (χ0n) is 22.6. The van der Waals surface area contributed by atoms with E-state index in [1.54, 1.807) is 0 Å². The molecule has 1 aromatic carbocycles. The first-order chi connectivity index (χ1) is 16.8. The molecule has 1 aliphatic rings. The van der Waals surface area contributed by atoms with Gasteiger partial charge >= 0.3 is 0 Å². The number of aryl methyl sites for hydroxylation is 1. The number of hydrogen-bond acceptors (Lipinski definition) is 6. The van der Waals surface area contributed by atoms with Crippen LogP contribution in [0.3, 0.4) is 0 Å². The summed E-state index contributed by atoms with van der Waals surface area (Å²) < 4.78 is 5.46. The summed E-state index contributed by atoms with van der Waals surface area (Å²) in [6.45, 7) is 13.5. The van der Waals surface area contributed by atoms with E-state index in [-0.39, 0.29) is 55.1 Å². The van der Waals surface area contributed by atoms with Crippen LogP contribution in [0.5, 0.6) is 0 Å². The van der Waals surface area contributed by atoms with Gasteiger partial charge in [0.15, 0.2) is 17.9 Å². The predicted octanol–water partition coefficient (Wildman–Crippen LogP) is 4.95. The molecule has 1 saturated heterocycles. The number of aromatic nitrogens is 1. The van der Waals surface area contributed by atoms with Gasteiger partial charge in [-0.3, -0.25) is 14.4 Å². The number of Topliss-reactive ketones (excluding diaryl/α,β-unsaturated/α-hetero) is 2. The number of aliphatic hydroxyl groups excluding tert-OH is 1. The van der Waals surface area contributed by atoms with E-state index < -0.39 is 23.5 Å². The molecule has 2 heterocycles. The Morgan fingerprint density at radius 3 is 2.28 bits per heavy atom. The number of nitrogens with zero attached hydrogens (tertiary/aromatic N) is 2. The lowest BCUT2D eigenvalue weighted by Crippen LogP contribution is -2.47. The van der Waals surface area contributed by atoms with Gasteiger partial charge in [0.05, 0.1) is 17.8 Å². The van der Waals surface area contributed by atoms with Crippen molar-refractivity contribution in [3.8, 4) is 11.3 Å². The first-order valence-electron chi connectivity index (χ1n) is 12.8. The molecular weight excluding hydrogens is 456 g/mol. The van der Waals surface area contributed by atoms with Crippen LogP contribution in [0.25, 0.3) is 11.3 Å². The van der Waals surface area contributed by atoms with Crippen LogP contribution in [0, 0.1) is 24.2 Å². The normalized spacial score (nSPS) is 20.0. The molecule has 0 unspecified atom stereocenters. The molecule has 7 nitrogen and oxygen atoms in total. The molecule has 2 aromatic rings. The van der Waals surface area contributed by atoms with Crippen LogP contribution < -0.4 is 0 Å². The molecule has 4 atom stereocenters. The van der Waals surface area contributed by atoms with Crippen LogP contribution >= 0.6 is 0 Å². The van der Waals surface area contributed by atoms with Gasteiger partial charge < -0.3 is 14.4 Å². The largest absolute Gasteiger partial charge is 0.443 e. The maximum Gasteiger partial charge on any atom is 0.227 e. The quantitative estimate of drug-likeness (QED) is 0.527. The van der Waals surface area contributed by atoms with E-state index in [1.807, 2.05) is 72.7 Å². The van der Waals surface area contributed by atoms with Crippen molar-refractivity contribution in [3.05, 3.63) is 41.9 Å². The smallest absolute Gasteiger partial charge is 0.227 e. The molecule has 1 aliphatic heterocycles. The number of carbonyl (C=O) groups is 3. The number of rotatable bonds is 9. The number of benzene rings is 1. The highest BCUT2D eigenvalue weighted by Gasteiger charge is 2.44. The fourth-order valence-electron chi connectivity index (χ4n) is 4.86. The highest BCUT2D eigenvalue weighted by Crippen LogP contribution is 2.35. The van der Waals surface area contributed by atoms with Crippen molar-refractivity contribution in [2.75, 3.05) is 6.54 Å². The van der Waals surface area contributed by atoms with Gasteiger partial charge in [-0.1, -0.05) is 65.8 Å². The second-order valence-corrected chi connectivity index (χ2v) is 11.6. The first-order valence-corrected chi connectivity index (χ1v) is 12.8. The number of β-amino-alcohol motifs (C(OH)–C–C–N with tert-alkyl or cyclic N) is 1. The number of hydrogen-bond donors (Lipinski definition) is 1. The average molecular weight is 497 g/mol. The summed E-state index contributed by atoms with van der Waals surface area (Å²) in [5.41, 5.74) is 2.31. The second kappa shape index (κ2) is 11.1. The van der Waals surface area contributed by atoms with Crippen LogP contribution in [0.15, 0.2) is 35.1 Å². The molecule has 1 fully saturated rings. The van der Waals surface area contributed by atoms with E-state index in [9.17, 15) is 19.5 Å². The summed E-state index contributed by atoms with van der Waals surface area (Å²) in [4.78, 5) is 45.2. The lowest BCUT2D eigenvalue weighted by atomic mass is 9.75. The molecule has 0 bridgehead atoms. The minimum Gasteiger partial charge on any atom is -0.443 e. The molecular formula is C29H40N2O5. The third-order valence-electron chi connectivity index (χ3n) is 7.32. The summed E-state index contributed by atoms with van der Waals surface area (Å²) >= 11 is 0. The number of amides is 1. The summed E-state index contributed by atoms with van der Waals surface area (Å²) in [6, 6.07) is 7.20. The molecule has 0 saturated carbocycles. The molecule has 1 aromatic heterocycles. The molecule has 1 amide bonds. The lowest BCUT2D eigenvalue weighted by Gasteiger charge is -2.35. The topological polar surface area (TPSA) is 101 Å². The Labute approximate surface area is 214 Å². The molecule has 0 aliphatic carbocycles. The maximum absolute atomic E-state index is 13.6. The van der Waals surface area contributed by atoms with E-state index in [1.165, 1.54) is 11.3 Å². The van der Waals surface area contributed by atoms with E-state index in [2.05, 4.69) is 4.98 Å². The summed E-state index contributed by atoms with van der Waals surface area (Å²) in [6.07, 6.45) is 1.31. The maximum atomic E-state index is 13.6. The Kier molecular flexibility index (Phi) is 8.55. The van der Waals surface area contributed by atoms with Crippen molar-refractivity contribution in [1.29, 1.82) is 0 Å². The number of oxazole rings is 1. The minimum absolute atomic E-state index is 0.0310. The van der Waals surface area contributed by atoms with E-state index in [0.29, 0.717) is 0 Å². The first kappa shape index (κ1) is 27.8. The minimum atomic E-state index is -0.746. The Bertz CT molecular complexity index is 1080. The number of ketones is 2. The molecule has 36 heavy (non-hydrogen) atoms. The van der Waals surface area contributed by atoms with Crippen molar-refractivity contribution < 1.29 is 23.9 Å². The number of carbonyl (C=O) groups excluding carboxylic acids is 3. The van der Waals surface area contributed by atoms with Gasteiger partial charge in [-0.25, -0.2) is 4.98 Å². The molecule has 7 heteroatoms. The number of likely N-dealkylation sites (tertiary alicyclic amines) is 1. The SMILES string of the molecule is Cc1ncoc1-c1ccc([C@H](C)CC(=O)[C@@H]2C[C@@H](O)CN2C(=O)[C@@H](CC(=O)C(C)C)C(C)(C)C)cc1. The van der Waals surface area contributed by atoms with E-state index in [4.69, 9.17) is 4.42 Å². The monoisotopic (exact) mass is 496 g/mol. The fourth-order valence-corrected chi connectivity index (χ4v) is 4.86. The zero-order chi connectivity index (χ0) is 26.8. The third kappa shape index (κ3) is 6.30. The zero-order valence-corrected chi connectivity index (χ0v) is 22.6. The molecule has 0 spiro atoms. The Morgan fingerprint density at radius 1 is 1.11 bits per heavy atom. The van der Waals surface area contributed by atoms with Crippen LogP contribution in [0.4, 0.5) is 0 Å². The van der Waals surface area contributed by atoms with Crippen molar-refractivity contribution >= 4 is 17.5 Å². The van der Waals surface area contributed by atoms with Crippen LogP contribution in [0.2, 0.25) is 0 Å². The van der Waals surface area contributed by atoms with E-state index >= 15 is 0 Å². The molecule has 1 N–H and O–H groups in total. The van der Waals surface area contributed by atoms with Gasteiger partial charge in [0, 0.05) is 43.2 Å². The third-order valence-corrected chi connectivity index (χ3v) is 7.32. The standard InChI is InChI=1S/C29H40N2O5/c1-17(2)25(33)14-23(29(5,6)7)28(35)31-15-22(32)13-24(31)26(34)12-18(3)20-8-10-21(11-9-20)27-19(4)30-16-36-27/h8-11,16-18,22-24,32H,12-15H2,1-7H3/t18-,22-,23-,24+/m1/s1. The van der Waals surface area contributed by atoms with Crippen molar-refractivity contribution in [2.45, 2.75) is 85.8 Å². The predicted molar refractivity (Wildman–Crippen MR) is 138 cm³/mol. The van der Waals surface area contributed by atoms with Gasteiger partial charge in [0.2, 0.25) is 5.91 Å². The van der Waals surface area contributed by atoms with Gasteiger partial charge in [0.1, 0.15) is 5.78 Å². The Balaban J connectivity index is 1.73. The van der Waals surface area contributed by atoms with Crippen LogP contribution in [-0.2, 0) is 14.4 Å². The van der Waals surface area contributed by atoms with Gasteiger partial charge in [-0.15, -0.1) is 0 Å². The van der Waals surface area contributed by atoms with Crippen molar-refractivity contribution in [2.24, 2.45) is 17.3 Å². The second-order valence-electron chi connectivity index (χ2n) is 11.6. The van der Waals surface area contributed by atoms with Crippen molar-refractivity contribution in [3.63, 3.8) is 0 Å². The van der Waals surface area contributed by atoms with Crippen LogP contribution in [0.1, 0.15) is 78.0 Å². The Hall–Kier alpha value is -2.80. The average Bonchev–Trinajstić information content (AvgIpc) is 3.41. The summed E-state index contributed by atoms with van der Waals surface area (Å²) in [7, 11) is 0. The highest BCUT2D eigenvalue weighted by molar-refractivity contribution is 5.93. The highest BCUT2D eigenvalue weighted by atomic mass is 16.3. The molecule has 196 valence electrons. The van der Waals surface area contributed by atoms with Crippen LogP contribution in [-0.4, -0.2) is 51.2 Å². The Morgan fingerprint density at radius 2 is 1.75 bits per heavy atom. The molecule has 0 radical (unpaired) electrons. The molecule has 3 rings (SSSR count). The summed E-state index contributed by atoms with van der Waals surface area (Å²) in [5.74, 6) is -0.289. The lowest BCUT2D eigenvalue weighted by molar-refractivity contribution is -0.146. The van der Waals surface area contributed by atoms with Gasteiger partial charge in [-0.05, 0) is 23.8 Å². The fraction of sp³-hybridized carbons (Fsp3) is 0.586. The number of aliphatic hydroxyl groups is 1. The van der Waals surface area contributed by atoms with Gasteiger partial charge in [0.25, 0.3) is 0 Å². The summed E-state index contributed by atoms with van der Waals surface area (Å²) in [5, 5.41) is 10.4.